The summed E-state index contributed by atoms with van der Waals surface area (Å²) in [4.78, 5) is 14.6. The van der Waals surface area contributed by atoms with Crippen molar-refractivity contribution < 1.29 is 9.53 Å². The van der Waals surface area contributed by atoms with Gasteiger partial charge < -0.3 is 4.74 Å². The Labute approximate surface area is 197 Å². The fourth-order valence-electron chi connectivity index (χ4n) is 2.81. The molecule has 0 atom stereocenters. The van der Waals surface area contributed by atoms with Gasteiger partial charge >= 0.3 is 0 Å². The Morgan fingerprint density at radius 2 is 2.00 bits per heavy atom. The van der Waals surface area contributed by atoms with Crippen molar-refractivity contribution in [2.45, 2.75) is 20.0 Å². The number of anilines is 1. The van der Waals surface area contributed by atoms with Crippen LogP contribution in [0.2, 0.25) is 10.0 Å². The molecular weight excluding hydrogens is 475 g/mol. The van der Waals surface area contributed by atoms with Gasteiger partial charge in [0.25, 0.3) is 5.91 Å². The molecule has 158 valence electrons. The highest BCUT2D eigenvalue weighted by molar-refractivity contribution is 8.19. The summed E-state index contributed by atoms with van der Waals surface area (Å²) < 4.78 is 5.97. The number of hydrogen-bond acceptors (Lipinski definition) is 7. The van der Waals surface area contributed by atoms with Crippen LogP contribution in [-0.2, 0) is 17.8 Å². The van der Waals surface area contributed by atoms with Gasteiger partial charge in [0.05, 0.1) is 4.91 Å². The fraction of sp³-hybridized carbons (Fsp3) is 0.143. The third kappa shape index (κ3) is 4.77. The van der Waals surface area contributed by atoms with E-state index in [4.69, 9.17) is 33.3 Å². The van der Waals surface area contributed by atoms with E-state index in [9.17, 15) is 4.79 Å². The van der Waals surface area contributed by atoms with Crippen molar-refractivity contribution in [1.82, 2.24) is 10.2 Å². The first-order valence-electron chi connectivity index (χ1n) is 9.27. The van der Waals surface area contributed by atoms with Gasteiger partial charge in [-0.2, -0.15) is 0 Å². The molecule has 4 rings (SSSR count). The van der Waals surface area contributed by atoms with E-state index in [1.165, 1.54) is 16.2 Å². The predicted molar refractivity (Wildman–Crippen MR) is 127 cm³/mol. The number of para-hydroxylation sites is 1. The summed E-state index contributed by atoms with van der Waals surface area (Å²) in [7, 11) is 0. The van der Waals surface area contributed by atoms with Crippen LogP contribution in [0.1, 0.15) is 23.1 Å². The number of amides is 1. The lowest BCUT2D eigenvalue weighted by molar-refractivity contribution is -0.113. The van der Waals surface area contributed by atoms with Crippen LogP contribution in [0.5, 0.6) is 5.75 Å². The van der Waals surface area contributed by atoms with Gasteiger partial charge in [-0.15, -0.1) is 10.2 Å². The lowest BCUT2D eigenvalue weighted by Crippen LogP contribution is -2.27. The van der Waals surface area contributed by atoms with Gasteiger partial charge in [0, 0.05) is 21.2 Å². The summed E-state index contributed by atoms with van der Waals surface area (Å²) in [6.45, 7) is 2.22. The monoisotopic (exact) mass is 490 g/mol. The maximum Gasteiger partial charge on any atom is 0.273 e. The summed E-state index contributed by atoms with van der Waals surface area (Å²) in [5.74, 6) is 0.299. The van der Waals surface area contributed by atoms with E-state index in [0.717, 1.165) is 34.3 Å². The molecule has 0 unspecified atom stereocenters. The van der Waals surface area contributed by atoms with Crippen LogP contribution >= 0.6 is 46.3 Å². The average Bonchev–Trinajstić information content (AvgIpc) is 3.32. The Morgan fingerprint density at radius 1 is 1.19 bits per heavy atom. The lowest BCUT2D eigenvalue weighted by Gasteiger charge is -2.11. The molecular formula is C21H16Cl2N4O2S2. The molecule has 0 spiro atoms. The fourth-order valence-corrected chi connectivity index (χ4v) is 4.94. The minimum atomic E-state index is -0.302. The summed E-state index contributed by atoms with van der Waals surface area (Å²) in [5.41, 5.74) is 1.53. The quantitative estimate of drug-likeness (QED) is 0.425. The van der Waals surface area contributed by atoms with Crippen molar-refractivity contribution in [3.05, 3.63) is 73.5 Å². The van der Waals surface area contributed by atoms with E-state index in [-0.39, 0.29) is 17.7 Å². The van der Waals surface area contributed by atoms with Crippen molar-refractivity contribution in [3.8, 4) is 5.75 Å². The first-order valence-corrected chi connectivity index (χ1v) is 11.7. The molecule has 2 aromatic carbocycles. The van der Waals surface area contributed by atoms with Crippen molar-refractivity contribution in [1.29, 1.82) is 5.41 Å². The maximum absolute atomic E-state index is 12.9. The van der Waals surface area contributed by atoms with Gasteiger partial charge in [0.2, 0.25) is 5.13 Å². The van der Waals surface area contributed by atoms with Crippen LogP contribution in [0.25, 0.3) is 6.08 Å². The number of aryl methyl sites for hydroxylation is 1. The van der Waals surface area contributed by atoms with Crippen molar-refractivity contribution in [2.75, 3.05) is 4.90 Å². The molecule has 31 heavy (non-hydrogen) atoms. The van der Waals surface area contributed by atoms with Gasteiger partial charge in [0.1, 0.15) is 17.4 Å². The number of benzene rings is 2. The molecule has 0 aliphatic carbocycles. The molecule has 1 fully saturated rings. The highest BCUT2D eigenvalue weighted by Gasteiger charge is 2.36. The zero-order valence-electron chi connectivity index (χ0n) is 16.3. The summed E-state index contributed by atoms with van der Waals surface area (Å²) in [5, 5.41) is 18.7. The Bertz CT molecular complexity index is 1200. The minimum absolute atomic E-state index is 0.0985. The maximum atomic E-state index is 12.9. The first-order chi connectivity index (χ1) is 15.0. The number of hydrogen-bond donors (Lipinski definition) is 1. The van der Waals surface area contributed by atoms with E-state index in [0.29, 0.717) is 25.8 Å². The molecule has 0 saturated carbocycles. The molecule has 10 heteroatoms. The molecule has 6 nitrogen and oxygen atoms in total. The van der Waals surface area contributed by atoms with Crippen LogP contribution in [0, 0.1) is 5.41 Å². The smallest absolute Gasteiger partial charge is 0.273 e. The summed E-state index contributed by atoms with van der Waals surface area (Å²) in [6, 6.07) is 12.6. The number of nitrogens with zero attached hydrogens (tertiary/aromatic N) is 3. The molecule has 0 bridgehead atoms. The molecule has 1 aromatic heterocycles. The third-order valence-corrected chi connectivity index (χ3v) is 6.91. The lowest BCUT2D eigenvalue weighted by atomic mass is 10.1. The van der Waals surface area contributed by atoms with Gasteiger partial charge in [-0.3, -0.25) is 10.2 Å². The number of carbonyl (C=O) groups excluding carboxylic acids is 1. The largest absolute Gasteiger partial charge is 0.488 e. The van der Waals surface area contributed by atoms with Crippen LogP contribution < -0.4 is 9.64 Å². The molecule has 1 aliphatic heterocycles. The van der Waals surface area contributed by atoms with Crippen LogP contribution in [0.3, 0.4) is 0 Å². The van der Waals surface area contributed by atoms with Gasteiger partial charge in [-0.25, -0.2) is 4.90 Å². The number of halogens is 2. The molecule has 1 amide bonds. The van der Waals surface area contributed by atoms with Crippen molar-refractivity contribution >= 4 is 68.6 Å². The molecule has 1 N–H and O–H groups in total. The van der Waals surface area contributed by atoms with E-state index in [1.807, 2.05) is 37.3 Å². The van der Waals surface area contributed by atoms with Crippen LogP contribution in [-0.4, -0.2) is 21.3 Å². The second-order valence-electron chi connectivity index (χ2n) is 6.45. The van der Waals surface area contributed by atoms with E-state index >= 15 is 0 Å². The Kier molecular flexibility index (Phi) is 6.62. The van der Waals surface area contributed by atoms with Crippen molar-refractivity contribution in [3.63, 3.8) is 0 Å². The zero-order chi connectivity index (χ0) is 22.0. The number of thioether (sulfide) groups is 1. The summed E-state index contributed by atoms with van der Waals surface area (Å²) >= 11 is 14.6. The predicted octanol–water partition coefficient (Wildman–Crippen LogP) is 6.04. The topological polar surface area (TPSA) is 79.2 Å². The number of carbonyl (C=O) groups is 1. The number of aromatic nitrogens is 2. The van der Waals surface area contributed by atoms with E-state index in [1.54, 1.807) is 18.2 Å². The summed E-state index contributed by atoms with van der Waals surface area (Å²) in [6.07, 6.45) is 2.45. The first kappa shape index (κ1) is 21.8. The van der Waals surface area contributed by atoms with Gasteiger partial charge in [-0.05, 0) is 42.5 Å². The number of rotatable bonds is 6. The average molecular weight is 491 g/mol. The Balaban J connectivity index is 1.56. The van der Waals surface area contributed by atoms with E-state index < -0.39 is 0 Å². The Hall–Kier alpha value is -2.39. The number of ether oxygens (including phenoxy) is 1. The molecule has 0 radical (unpaired) electrons. The molecule has 1 saturated heterocycles. The van der Waals surface area contributed by atoms with Crippen LogP contribution in [0.15, 0.2) is 47.4 Å². The van der Waals surface area contributed by atoms with E-state index in [2.05, 4.69) is 10.2 Å². The SMILES string of the molecule is CCc1nnc(N2C(=N)S/C(=C/c3ccccc3OCc3ccc(Cl)cc3Cl)C2=O)s1. The zero-order valence-corrected chi connectivity index (χ0v) is 19.4. The molecule has 1 aliphatic rings. The van der Waals surface area contributed by atoms with Crippen LogP contribution in [0.4, 0.5) is 5.13 Å². The molecule has 3 aromatic rings. The Morgan fingerprint density at radius 3 is 2.74 bits per heavy atom. The van der Waals surface area contributed by atoms with Gasteiger partial charge in [-0.1, -0.05) is 65.7 Å². The highest BCUT2D eigenvalue weighted by atomic mass is 35.5. The molecule has 2 heterocycles. The number of nitrogens with one attached hydrogen (secondary N) is 1. The minimum Gasteiger partial charge on any atom is -0.488 e. The van der Waals surface area contributed by atoms with Crippen molar-refractivity contribution in [2.24, 2.45) is 0 Å². The normalized spacial score (nSPS) is 15.2. The standard InChI is InChI=1S/C21H16Cl2N4O2S2/c1-2-18-25-26-21(31-18)27-19(28)17(30-20(27)24)9-12-5-3-4-6-16(12)29-11-13-7-8-14(22)10-15(13)23/h3-10,24H,2,11H2,1H3/b17-9+,24-20?. The third-order valence-electron chi connectivity index (χ3n) is 4.38. The highest BCUT2D eigenvalue weighted by Crippen LogP contribution is 2.37. The second kappa shape index (κ2) is 9.40. The van der Waals surface area contributed by atoms with Gasteiger partial charge in [0.15, 0.2) is 5.17 Å². The second-order valence-corrected chi connectivity index (χ2v) is 9.37. The number of amidine groups is 1.